The van der Waals surface area contributed by atoms with Crippen LogP contribution in [0.4, 0.5) is 0 Å². The normalized spacial score (nSPS) is 12.6. The predicted octanol–water partition coefficient (Wildman–Crippen LogP) is 2.43. The summed E-state index contributed by atoms with van der Waals surface area (Å²) in [6.07, 6.45) is 1.63. The third-order valence-corrected chi connectivity index (χ3v) is 3.78. The fraction of sp³-hybridized carbons (Fsp3) is 0.385. The van der Waals surface area contributed by atoms with E-state index < -0.39 is 0 Å². The summed E-state index contributed by atoms with van der Waals surface area (Å²) in [7, 11) is 0. The Labute approximate surface area is 111 Å². The van der Waals surface area contributed by atoms with Crippen LogP contribution in [-0.4, -0.2) is 33.4 Å². The van der Waals surface area contributed by atoms with Crippen molar-refractivity contribution in [2.24, 2.45) is 0 Å². The van der Waals surface area contributed by atoms with Gasteiger partial charge in [-0.15, -0.1) is 0 Å². The van der Waals surface area contributed by atoms with Crippen molar-refractivity contribution in [1.29, 1.82) is 0 Å². The molecule has 0 saturated carbocycles. The topological polar surface area (TPSA) is 57.8 Å². The number of carbonyl (C=O) groups is 1. The Morgan fingerprint density at radius 1 is 1.56 bits per heavy atom. The molecule has 96 valence electrons. The predicted molar refractivity (Wildman–Crippen MR) is 76.0 cm³/mol. The summed E-state index contributed by atoms with van der Waals surface area (Å²) in [6.45, 7) is 4.14. The lowest BCUT2D eigenvalue weighted by Gasteiger charge is -2.13. The van der Waals surface area contributed by atoms with Gasteiger partial charge in [-0.25, -0.2) is 4.98 Å². The van der Waals surface area contributed by atoms with E-state index in [4.69, 9.17) is 0 Å². The molecule has 0 saturated heterocycles. The van der Waals surface area contributed by atoms with Crippen LogP contribution in [0.5, 0.6) is 0 Å². The van der Waals surface area contributed by atoms with Gasteiger partial charge in [0, 0.05) is 17.4 Å². The van der Waals surface area contributed by atoms with Gasteiger partial charge in [-0.1, -0.05) is 6.92 Å². The standard InChI is InChI=1S/C13H17N3OS/c1-3-18-7-9(2)16-13(17)10-4-5-11-12(6-10)15-8-14-11/h4-6,8-9H,3,7H2,1-2H3,(H,14,15)(H,16,17). The second-order valence-corrected chi connectivity index (χ2v) is 5.49. The Balaban J connectivity index is 2.03. The van der Waals surface area contributed by atoms with Crippen LogP contribution in [0.2, 0.25) is 0 Å². The SMILES string of the molecule is CCSCC(C)NC(=O)c1ccc2nc[nH]c2c1. The van der Waals surface area contributed by atoms with Gasteiger partial charge in [-0.3, -0.25) is 4.79 Å². The molecule has 2 aromatic rings. The molecule has 0 aliphatic heterocycles. The molecule has 0 aliphatic carbocycles. The van der Waals surface area contributed by atoms with Crippen molar-refractivity contribution in [3.8, 4) is 0 Å². The van der Waals surface area contributed by atoms with Gasteiger partial charge < -0.3 is 10.3 Å². The highest BCUT2D eigenvalue weighted by Crippen LogP contribution is 2.12. The molecule has 5 heteroatoms. The monoisotopic (exact) mass is 263 g/mol. The zero-order valence-electron chi connectivity index (χ0n) is 10.6. The van der Waals surface area contributed by atoms with Gasteiger partial charge in [0.1, 0.15) is 0 Å². The third-order valence-electron chi connectivity index (χ3n) is 2.63. The number of H-pyrrole nitrogens is 1. The average molecular weight is 263 g/mol. The molecule has 1 unspecified atom stereocenters. The van der Waals surface area contributed by atoms with Crippen LogP contribution in [0, 0.1) is 0 Å². The van der Waals surface area contributed by atoms with Crippen LogP contribution in [0.15, 0.2) is 24.5 Å². The number of nitrogens with zero attached hydrogens (tertiary/aromatic N) is 1. The Morgan fingerprint density at radius 2 is 2.39 bits per heavy atom. The molecule has 2 rings (SSSR count). The van der Waals surface area contributed by atoms with E-state index in [0.717, 1.165) is 22.5 Å². The second-order valence-electron chi connectivity index (χ2n) is 4.17. The van der Waals surface area contributed by atoms with E-state index in [2.05, 4.69) is 22.2 Å². The number of thioether (sulfide) groups is 1. The molecule has 4 nitrogen and oxygen atoms in total. The summed E-state index contributed by atoms with van der Waals surface area (Å²) in [5.74, 6) is 1.98. The van der Waals surface area contributed by atoms with E-state index in [1.54, 1.807) is 12.4 Å². The number of rotatable bonds is 5. The Hall–Kier alpha value is -1.49. The minimum absolute atomic E-state index is 0.0318. The molecule has 0 radical (unpaired) electrons. The van der Waals surface area contributed by atoms with Crippen molar-refractivity contribution < 1.29 is 4.79 Å². The minimum atomic E-state index is -0.0318. The van der Waals surface area contributed by atoms with Crippen molar-refractivity contribution in [2.45, 2.75) is 19.9 Å². The van der Waals surface area contributed by atoms with Gasteiger partial charge in [0.15, 0.2) is 0 Å². The first-order valence-electron chi connectivity index (χ1n) is 6.02. The van der Waals surface area contributed by atoms with Crippen molar-refractivity contribution in [3.05, 3.63) is 30.1 Å². The van der Waals surface area contributed by atoms with Gasteiger partial charge in [0.25, 0.3) is 5.91 Å². The molecule has 0 fully saturated rings. The molecule has 1 aromatic carbocycles. The van der Waals surface area contributed by atoms with Gasteiger partial charge >= 0.3 is 0 Å². The smallest absolute Gasteiger partial charge is 0.251 e. The number of hydrogen-bond acceptors (Lipinski definition) is 3. The first kappa shape index (κ1) is 13.0. The zero-order valence-corrected chi connectivity index (χ0v) is 11.4. The molecule has 1 atom stereocenters. The molecule has 1 amide bonds. The summed E-state index contributed by atoms with van der Waals surface area (Å²) in [5, 5.41) is 2.99. The Kier molecular flexibility index (Phi) is 4.25. The molecule has 2 N–H and O–H groups in total. The number of hydrogen-bond donors (Lipinski definition) is 2. The van der Waals surface area contributed by atoms with Gasteiger partial charge in [-0.2, -0.15) is 11.8 Å². The molecular formula is C13H17N3OS. The maximum atomic E-state index is 12.0. The molecule has 18 heavy (non-hydrogen) atoms. The first-order chi connectivity index (χ1) is 8.70. The van der Waals surface area contributed by atoms with Crippen LogP contribution in [0.1, 0.15) is 24.2 Å². The fourth-order valence-electron chi connectivity index (χ4n) is 1.72. The molecule has 1 heterocycles. The van der Waals surface area contributed by atoms with Gasteiger partial charge in [0.05, 0.1) is 17.4 Å². The molecular weight excluding hydrogens is 246 g/mol. The van der Waals surface area contributed by atoms with Crippen molar-refractivity contribution in [2.75, 3.05) is 11.5 Å². The third kappa shape index (κ3) is 3.04. The number of carbonyl (C=O) groups excluding carboxylic acids is 1. The second kappa shape index (κ2) is 5.91. The maximum absolute atomic E-state index is 12.0. The fourth-order valence-corrected chi connectivity index (χ4v) is 2.39. The van der Waals surface area contributed by atoms with Crippen LogP contribution in [0.3, 0.4) is 0 Å². The first-order valence-corrected chi connectivity index (χ1v) is 7.18. The average Bonchev–Trinajstić information content (AvgIpc) is 2.83. The molecule has 0 bridgehead atoms. The van der Waals surface area contributed by atoms with Crippen LogP contribution in [0.25, 0.3) is 11.0 Å². The van der Waals surface area contributed by atoms with E-state index in [9.17, 15) is 4.79 Å². The number of imidazole rings is 1. The highest BCUT2D eigenvalue weighted by molar-refractivity contribution is 7.99. The number of fused-ring (bicyclic) bond motifs is 1. The zero-order chi connectivity index (χ0) is 13.0. The van der Waals surface area contributed by atoms with Crippen molar-refractivity contribution in [1.82, 2.24) is 15.3 Å². The number of aromatic amines is 1. The Morgan fingerprint density at radius 3 is 3.17 bits per heavy atom. The number of benzene rings is 1. The Bertz CT molecular complexity index is 538. The van der Waals surface area contributed by atoms with Crippen LogP contribution < -0.4 is 5.32 Å². The van der Waals surface area contributed by atoms with Crippen molar-refractivity contribution >= 4 is 28.7 Å². The largest absolute Gasteiger partial charge is 0.349 e. The van der Waals surface area contributed by atoms with E-state index in [1.165, 1.54) is 0 Å². The maximum Gasteiger partial charge on any atom is 0.251 e. The minimum Gasteiger partial charge on any atom is -0.349 e. The van der Waals surface area contributed by atoms with E-state index in [1.807, 2.05) is 30.8 Å². The molecule has 1 aromatic heterocycles. The summed E-state index contributed by atoms with van der Waals surface area (Å²) in [5.41, 5.74) is 2.43. The molecule has 0 aliphatic rings. The number of nitrogens with one attached hydrogen (secondary N) is 2. The van der Waals surface area contributed by atoms with E-state index in [-0.39, 0.29) is 11.9 Å². The quantitative estimate of drug-likeness (QED) is 0.871. The van der Waals surface area contributed by atoms with E-state index >= 15 is 0 Å². The van der Waals surface area contributed by atoms with E-state index in [0.29, 0.717) is 5.56 Å². The number of amides is 1. The molecule has 0 spiro atoms. The summed E-state index contributed by atoms with van der Waals surface area (Å²) < 4.78 is 0. The van der Waals surface area contributed by atoms with Crippen LogP contribution >= 0.6 is 11.8 Å². The summed E-state index contributed by atoms with van der Waals surface area (Å²) >= 11 is 1.83. The number of aromatic nitrogens is 2. The lowest BCUT2D eigenvalue weighted by molar-refractivity contribution is 0.0944. The lowest BCUT2D eigenvalue weighted by Crippen LogP contribution is -2.34. The van der Waals surface area contributed by atoms with Crippen molar-refractivity contribution in [3.63, 3.8) is 0 Å². The lowest BCUT2D eigenvalue weighted by atomic mass is 10.2. The van der Waals surface area contributed by atoms with Crippen LogP contribution in [-0.2, 0) is 0 Å². The highest BCUT2D eigenvalue weighted by Gasteiger charge is 2.10. The van der Waals surface area contributed by atoms with Gasteiger partial charge in [-0.05, 0) is 30.9 Å². The highest BCUT2D eigenvalue weighted by atomic mass is 32.2. The summed E-state index contributed by atoms with van der Waals surface area (Å²) in [4.78, 5) is 19.2. The summed E-state index contributed by atoms with van der Waals surface area (Å²) in [6, 6.07) is 5.67. The van der Waals surface area contributed by atoms with Gasteiger partial charge in [0.2, 0.25) is 0 Å².